The molecule has 3 rings (SSSR count). The zero-order chi connectivity index (χ0) is 19.4. The van der Waals surface area contributed by atoms with Gasteiger partial charge in [-0.3, -0.25) is 9.59 Å². The molecule has 0 spiro atoms. The number of esters is 1. The van der Waals surface area contributed by atoms with Crippen molar-refractivity contribution >= 4 is 29.2 Å². The average molecular weight is 385 g/mol. The van der Waals surface area contributed by atoms with Gasteiger partial charge in [-0.2, -0.15) is 5.26 Å². The average Bonchev–Trinajstić information content (AvgIpc) is 2.67. The molecule has 1 aliphatic rings. The van der Waals surface area contributed by atoms with Crippen LogP contribution in [-0.4, -0.2) is 24.6 Å². The molecule has 2 aromatic carbocycles. The lowest BCUT2D eigenvalue weighted by atomic mass is 9.97. The van der Waals surface area contributed by atoms with Crippen molar-refractivity contribution in [2.75, 3.05) is 11.9 Å². The Morgan fingerprint density at radius 2 is 2.11 bits per heavy atom. The van der Waals surface area contributed by atoms with E-state index in [9.17, 15) is 9.59 Å². The second-order valence-corrected chi connectivity index (χ2v) is 6.63. The number of hydrogen-bond donors (Lipinski definition) is 1. The molecular formula is C20H17ClN2O4. The largest absolute Gasteiger partial charge is 0.492 e. The van der Waals surface area contributed by atoms with Gasteiger partial charge < -0.3 is 14.8 Å². The Kier molecular flexibility index (Phi) is 5.63. The summed E-state index contributed by atoms with van der Waals surface area (Å²) in [6, 6.07) is 13.9. The summed E-state index contributed by atoms with van der Waals surface area (Å²) < 4.78 is 10.9. The minimum Gasteiger partial charge on any atom is -0.492 e. The zero-order valence-electron chi connectivity index (χ0n) is 14.6. The van der Waals surface area contributed by atoms with Crippen LogP contribution in [-0.2, 0) is 20.7 Å². The molecular weight excluding hydrogens is 368 g/mol. The Morgan fingerprint density at radius 3 is 2.89 bits per heavy atom. The van der Waals surface area contributed by atoms with Crippen molar-refractivity contribution in [3.8, 4) is 11.8 Å². The molecule has 1 aliphatic heterocycles. The van der Waals surface area contributed by atoms with Crippen LogP contribution in [0.4, 0.5) is 5.69 Å². The van der Waals surface area contributed by atoms with E-state index < -0.39 is 23.9 Å². The van der Waals surface area contributed by atoms with Gasteiger partial charge in [-0.1, -0.05) is 23.7 Å². The molecule has 27 heavy (non-hydrogen) atoms. The van der Waals surface area contributed by atoms with Gasteiger partial charge in [0.05, 0.1) is 17.2 Å². The molecule has 2 aromatic rings. The van der Waals surface area contributed by atoms with Crippen LogP contribution in [0, 0.1) is 17.2 Å². The molecule has 1 amide bonds. The Labute approximate surface area is 161 Å². The number of halogens is 1. The first-order valence-electron chi connectivity index (χ1n) is 8.39. The highest BCUT2D eigenvalue weighted by Gasteiger charge is 2.30. The fraction of sp³-hybridized carbons (Fsp3) is 0.250. The predicted octanol–water partition coefficient (Wildman–Crippen LogP) is 3.33. The van der Waals surface area contributed by atoms with Crippen LogP contribution in [0.1, 0.15) is 18.1 Å². The monoisotopic (exact) mass is 384 g/mol. The Hall–Kier alpha value is -3.04. The minimum absolute atomic E-state index is 0.180. The summed E-state index contributed by atoms with van der Waals surface area (Å²) in [5, 5.41) is 12.2. The van der Waals surface area contributed by atoms with Crippen LogP contribution < -0.4 is 10.1 Å². The highest BCUT2D eigenvalue weighted by atomic mass is 35.5. The highest BCUT2D eigenvalue weighted by molar-refractivity contribution is 6.30. The lowest BCUT2D eigenvalue weighted by molar-refractivity contribution is -0.158. The van der Waals surface area contributed by atoms with Crippen LogP contribution in [0.25, 0.3) is 0 Å². The number of nitrogens with zero attached hydrogens (tertiary/aromatic N) is 1. The van der Waals surface area contributed by atoms with Crippen molar-refractivity contribution in [1.82, 2.24) is 0 Å². The smallest absolute Gasteiger partial charge is 0.313 e. The van der Waals surface area contributed by atoms with Gasteiger partial charge in [-0.25, -0.2) is 0 Å². The van der Waals surface area contributed by atoms with Crippen molar-refractivity contribution in [2.24, 2.45) is 5.92 Å². The summed E-state index contributed by atoms with van der Waals surface area (Å²) in [7, 11) is 0. The molecule has 0 fully saturated rings. The molecule has 0 bridgehead atoms. The molecule has 0 saturated heterocycles. The van der Waals surface area contributed by atoms with Crippen molar-refractivity contribution in [3.05, 3.63) is 58.6 Å². The third-order valence-corrected chi connectivity index (χ3v) is 4.46. The summed E-state index contributed by atoms with van der Waals surface area (Å²) in [5.74, 6) is -0.844. The van der Waals surface area contributed by atoms with E-state index >= 15 is 0 Å². The van der Waals surface area contributed by atoms with Crippen molar-refractivity contribution in [3.63, 3.8) is 0 Å². The summed E-state index contributed by atoms with van der Waals surface area (Å²) in [4.78, 5) is 24.7. The van der Waals surface area contributed by atoms with Crippen molar-refractivity contribution in [2.45, 2.75) is 19.4 Å². The molecule has 6 nitrogen and oxygen atoms in total. The normalized spacial score (nSPS) is 16.3. The highest BCUT2D eigenvalue weighted by Crippen LogP contribution is 2.30. The van der Waals surface area contributed by atoms with E-state index in [-0.39, 0.29) is 6.61 Å². The quantitative estimate of drug-likeness (QED) is 0.817. The lowest BCUT2D eigenvalue weighted by Crippen LogP contribution is -2.36. The molecule has 0 aromatic heterocycles. The van der Waals surface area contributed by atoms with Gasteiger partial charge in [0.15, 0.2) is 6.10 Å². The number of benzene rings is 2. The fourth-order valence-corrected chi connectivity index (χ4v) is 2.96. The molecule has 0 radical (unpaired) electrons. The standard InChI is InChI=1S/C20H17ClN2O4/c1-12(19(24)23-17-5-3-2-4-13(17)10-22)27-20(25)15-8-14-9-16(21)6-7-18(14)26-11-15/h2-7,9,12,15H,8,11H2,1H3,(H,23,24)/t12-,15+/m0/s1. The first kappa shape index (κ1) is 18.7. The maximum Gasteiger partial charge on any atom is 0.313 e. The molecule has 0 unspecified atom stereocenters. The number of nitrogens with one attached hydrogen (secondary N) is 1. The van der Waals surface area contributed by atoms with Gasteiger partial charge in [0, 0.05) is 5.02 Å². The number of rotatable bonds is 4. The van der Waals surface area contributed by atoms with Crippen molar-refractivity contribution < 1.29 is 19.1 Å². The maximum absolute atomic E-state index is 12.4. The maximum atomic E-state index is 12.4. The number of amides is 1. The SMILES string of the molecule is C[C@H](OC(=O)[C@H]1COc2ccc(Cl)cc2C1)C(=O)Nc1ccccc1C#N. The summed E-state index contributed by atoms with van der Waals surface area (Å²) in [5.41, 5.74) is 1.53. The molecule has 7 heteroatoms. The third-order valence-electron chi connectivity index (χ3n) is 4.23. The number of anilines is 1. The van der Waals surface area contributed by atoms with Gasteiger partial charge in [-0.05, 0) is 49.2 Å². The van der Waals surface area contributed by atoms with E-state index in [0.717, 1.165) is 5.56 Å². The minimum atomic E-state index is -1.01. The van der Waals surface area contributed by atoms with Gasteiger partial charge in [-0.15, -0.1) is 0 Å². The first-order valence-corrected chi connectivity index (χ1v) is 8.77. The molecule has 1 N–H and O–H groups in total. The predicted molar refractivity (Wildman–Crippen MR) is 99.5 cm³/mol. The second-order valence-electron chi connectivity index (χ2n) is 6.19. The molecule has 0 aliphatic carbocycles. The van der Waals surface area contributed by atoms with Crippen LogP contribution in [0.5, 0.6) is 5.75 Å². The zero-order valence-corrected chi connectivity index (χ0v) is 15.3. The second kappa shape index (κ2) is 8.11. The Balaban J connectivity index is 1.60. The van der Waals surface area contributed by atoms with Crippen LogP contribution >= 0.6 is 11.6 Å². The van der Waals surface area contributed by atoms with Crippen LogP contribution in [0.3, 0.4) is 0 Å². The van der Waals surface area contributed by atoms with Crippen molar-refractivity contribution in [1.29, 1.82) is 5.26 Å². The van der Waals surface area contributed by atoms with E-state index in [1.165, 1.54) is 6.92 Å². The van der Waals surface area contributed by atoms with E-state index in [1.54, 1.807) is 42.5 Å². The van der Waals surface area contributed by atoms with Gasteiger partial charge >= 0.3 is 5.97 Å². The van der Waals surface area contributed by atoms with E-state index in [4.69, 9.17) is 26.3 Å². The van der Waals surface area contributed by atoms with Gasteiger partial charge in [0.2, 0.25) is 0 Å². The molecule has 138 valence electrons. The topological polar surface area (TPSA) is 88.4 Å². The number of carbonyl (C=O) groups is 2. The van der Waals surface area contributed by atoms with Gasteiger partial charge in [0.1, 0.15) is 18.4 Å². The number of fused-ring (bicyclic) bond motifs is 1. The number of nitriles is 1. The summed E-state index contributed by atoms with van der Waals surface area (Å²) in [6.07, 6.45) is -0.578. The number of carbonyl (C=O) groups excluding carboxylic acids is 2. The van der Waals surface area contributed by atoms with Crippen LogP contribution in [0.2, 0.25) is 5.02 Å². The molecule has 1 heterocycles. The molecule has 0 saturated carbocycles. The fourth-order valence-electron chi connectivity index (χ4n) is 2.76. The van der Waals surface area contributed by atoms with E-state index in [1.807, 2.05) is 6.07 Å². The number of para-hydroxylation sites is 1. The van der Waals surface area contributed by atoms with E-state index in [2.05, 4.69) is 5.32 Å². The van der Waals surface area contributed by atoms with E-state index in [0.29, 0.717) is 28.4 Å². The summed E-state index contributed by atoms with van der Waals surface area (Å²) in [6.45, 7) is 1.66. The number of hydrogen-bond acceptors (Lipinski definition) is 5. The Bertz CT molecular complexity index is 922. The molecule has 2 atom stereocenters. The summed E-state index contributed by atoms with van der Waals surface area (Å²) >= 11 is 5.98. The van der Waals surface area contributed by atoms with Gasteiger partial charge in [0.25, 0.3) is 5.91 Å². The number of ether oxygens (including phenoxy) is 2. The Morgan fingerprint density at radius 1 is 1.33 bits per heavy atom. The lowest BCUT2D eigenvalue weighted by Gasteiger charge is -2.25. The third kappa shape index (κ3) is 4.39. The van der Waals surface area contributed by atoms with Crippen LogP contribution in [0.15, 0.2) is 42.5 Å². The first-order chi connectivity index (χ1) is 13.0.